The lowest BCUT2D eigenvalue weighted by Gasteiger charge is -2.23. The van der Waals surface area contributed by atoms with Crippen molar-refractivity contribution in [2.75, 3.05) is 24.2 Å². The Morgan fingerprint density at radius 2 is 2.00 bits per heavy atom. The average molecular weight is 523 g/mol. The number of nitrogens with one attached hydrogen (secondary N) is 1. The van der Waals surface area contributed by atoms with E-state index in [9.17, 15) is 13.2 Å². The number of nitrogens with zero attached hydrogens (tertiary/aromatic N) is 1. The van der Waals surface area contributed by atoms with Crippen molar-refractivity contribution in [3.8, 4) is 0 Å². The van der Waals surface area contributed by atoms with E-state index in [4.69, 9.17) is 9.15 Å². The Labute approximate surface area is 218 Å². The number of carbonyl (C=O) groups is 1. The van der Waals surface area contributed by atoms with Crippen LogP contribution in [0.4, 0.5) is 5.69 Å². The number of rotatable bonds is 5. The molecule has 2 heterocycles. The Morgan fingerprint density at radius 1 is 1.19 bits per heavy atom. The van der Waals surface area contributed by atoms with Crippen molar-refractivity contribution < 1.29 is 22.4 Å². The Balaban J connectivity index is 1.57. The van der Waals surface area contributed by atoms with Crippen molar-refractivity contribution in [1.29, 1.82) is 0 Å². The van der Waals surface area contributed by atoms with Gasteiger partial charge in [-0.15, -0.1) is 0 Å². The fourth-order valence-electron chi connectivity index (χ4n) is 5.32. The maximum atomic E-state index is 13.1. The predicted molar refractivity (Wildman–Crippen MR) is 147 cm³/mol. The van der Waals surface area contributed by atoms with Crippen LogP contribution >= 0.6 is 0 Å². The zero-order valence-corrected chi connectivity index (χ0v) is 22.7. The molecule has 5 rings (SSSR count). The summed E-state index contributed by atoms with van der Waals surface area (Å²) in [5.74, 6) is 2.71. The maximum absolute atomic E-state index is 13.1. The average Bonchev–Trinajstić information content (AvgIpc) is 3.16. The van der Waals surface area contributed by atoms with Gasteiger partial charge in [0, 0.05) is 31.5 Å². The van der Waals surface area contributed by atoms with Crippen LogP contribution in [-0.4, -0.2) is 34.2 Å². The zero-order valence-electron chi connectivity index (χ0n) is 21.8. The molecule has 1 aromatic carbocycles. The van der Waals surface area contributed by atoms with Gasteiger partial charge >= 0.3 is 0 Å². The second-order valence-electron chi connectivity index (χ2n) is 10.3. The van der Waals surface area contributed by atoms with E-state index in [1.54, 1.807) is 13.1 Å². The van der Waals surface area contributed by atoms with Crippen LogP contribution in [0.25, 0.3) is 16.5 Å². The highest BCUT2D eigenvalue weighted by molar-refractivity contribution is 7.92. The van der Waals surface area contributed by atoms with Crippen molar-refractivity contribution in [2.45, 2.75) is 51.9 Å². The number of carbonyl (C=O) groups excluding carboxylic acids is 1. The third-order valence-corrected chi connectivity index (χ3v) is 8.60. The first-order chi connectivity index (χ1) is 17.7. The number of hydrogen-bond acceptors (Lipinski definition) is 5. The van der Waals surface area contributed by atoms with Crippen LogP contribution in [0, 0.1) is 5.92 Å². The molecule has 0 fully saturated rings. The minimum atomic E-state index is -3.45. The van der Waals surface area contributed by atoms with Crippen molar-refractivity contribution in [3.05, 3.63) is 70.9 Å². The van der Waals surface area contributed by atoms with Crippen LogP contribution in [-0.2, 0) is 14.8 Å². The Bertz CT molecular complexity index is 1480. The minimum Gasteiger partial charge on any atom is -0.462 e. The Kier molecular flexibility index (Phi) is 6.79. The minimum absolute atomic E-state index is 0.157. The Hall–Kier alpha value is -3.26. The van der Waals surface area contributed by atoms with Crippen LogP contribution in [0.15, 0.2) is 58.4 Å². The number of furan rings is 1. The van der Waals surface area contributed by atoms with Gasteiger partial charge < -0.3 is 14.5 Å². The van der Waals surface area contributed by atoms with Gasteiger partial charge in [-0.25, -0.2) is 8.42 Å². The summed E-state index contributed by atoms with van der Waals surface area (Å²) in [5, 5.41) is 3.46. The van der Waals surface area contributed by atoms with E-state index < -0.39 is 10.0 Å². The van der Waals surface area contributed by atoms with Gasteiger partial charge in [0.1, 0.15) is 22.9 Å². The first-order valence-corrected chi connectivity index (χ1v) is 14.8. The molecule has 37 heavy (non-hydrogen) atoms. The van der Waals surface area contributed by atoms with Gasteiger partial charge in [0.25, 0.3) is 5.91 Å². The lowest BCUT2D eigenvalue weighted by Crippen LogP contribution is -2.30. The number of fused-ring (bicyclic) bond motifs is 2. The molecule has 1 aliphatic heterocycles. The normalized spacial score (nSPS) is 22.1. The van der Waals surface area contributed by atoms with Crippen LogP contribution in [0.5, 0.6) is 0 Å². The molecule has 2 unspecified atom stereocenters. The van der Waals surface area contributed by atoms with Gasteiger partial charge in [0.05, 0.1) is 17.5 Å². The number of sulfonamides is 1. The highest BCUT2D eigenvalue weighted by atomic mass is 32.2. The van der Waals surface area contributed by atoms with E-state index in [-0.39, 0.29) is 11.8 Å². The number of hydrogen-bond donors (Lipinski definition) is 1. The molecule has 2 aromatic rings. The van der Waals surface area contributed by atoms with E-state index in [0.29, 0.717) is 53.3 Å². The molecule has 0 saturated heterocycles. The number of benzene rings is 1. The first kappa shape index (κ1) is 25.4. The molecule has 1 N–H and O–H groups in total. The largest absolute Gasteiger partial charge is 0.462 e. The summed E-state index contributed by atoms with van der Waals surface area (Å²) < 4.78 is 39.1. The summed E-state index contributed by atoms with van der Waals surface area (Å²) >= 11 is 0. The monoisotopic (exact) mass is 522 g/mol. The van der Waals surface area contributed by atoms with E-state index in [0.717, 1.165) is 41.9 Å². The SMILES string of the molecule is CNC(=O)c1c(C2=CC=C(OC3=CCC(C)C=C3)CC2)oc2cc3c(cc12)C(C)CCCN3S(C)(=O)=O. The van der Waals surface area contributed by atoms with Gasteiger partial charge in [-0.1, -0.05) is 26.0 Å². The van der Waals surface area contributed by atoms with Crippen molar-refractivity contribution in [1.82, 2.24) is 5.32 Å². The summed E-state index contributed by atoms with van der Waals surface area (Å²) in [7, 11) is -1.84. The highest BCUT2D eigenvalue weighted by Gasteiger charge is 2.30. The molecule has 2 atom stereocenters. The summed E-state index contributed by atoms with van der Waals surface area (Å²) in [5.41, 5.74) is 3.46. The molecule has 196 valence electrons. The molecule has 8 heteroatoms. The third-order valence-electron chi connectivity index (χ3n) is 7.42. The van der Waals surface area contributed by atoms with Crippen molar-refractivity contribution in [3.63, 3.8) is 0 Å². The Morgan fingerprint density at radius 3 is 2.65 bits per heavy atom. The molecule has 0 radical (unpaired) electrons. The van der Waals surface area contributed by atoms with Crippen LogP contribution in [0.1, 0.15) is 73.6 Å². The summed E-state index contributed by atoms with van der Waals surface area (Å²) in [6, 6.07) is 3.74. The van der Waals surface area contributed by atoms with Crippen LogP contribution < -0.4 is 9.62 Å². The quantitative estimate of drug-likeness (QED) is 0.519. The fraction of sp³-hybridized carbons (Fsp3) is 0.414. The van der Waals surface area contributed by atoms with Crippen molar-refractivity contribution >= 4 is 38.2 Å². The van der Waals surface area contributed by atoms with Gasteiger partial charge in [0.15, 0.2) is 0 Å². The number of ether oxygens (including phenoxy) is 1. The predicted octanol–water partition coefficient (Wildman–Crippen LogP) is 6.01. The standard InChI is InChI=1S/C29H34N2O5S/c1-18-7-11-21(12-8-18)35-22-13-9-20(10-14-22)28-27(29(32)30-3)24-16-23-19(2)6-5-15-31(37(4,33)34)25(23)17-26(24)36-28/h7,9,11-13,16-19H,5-6,8,10,14-15H2,1-4H3,(H,30,32). The van der Waals surface area contributed by atoms with Crippen LogP contribution in [0.3, 0.4) is 0 Å². The van der Waals surface area contributed by atoms with Crippen molar-refractivity contribution in [2.24, 2.45) is 5.92 Å². The molecule has 0 saturated carbocycles. The summed E-state index contributed by atoms with van der Waals surface area (Å²) in [6.45, 7) is 4.71. The van der Waals surface area contributed by atoms with E-state index in [1.165, 1.54) is 10.6 Å². The van der Waals surface area contributed by atoms with E-state index >= 15 is 0 Å². The second kappa shape index (κ2) is 9.89. The lowest BCUT2D eigenvalue weighted by molar-refractivity contribution is 0.0963. The number of allylic oxidation sites excluding steroid dienone is 7. The zero-order chi connectivity index (χ0) is 26.3. The molecular formula is C29H34N2O5S. The van der Waals surface area contributed by atoms with Crippen LogP contribution in [0.2, 0.25) is 0 Å². The van der Waals surface area contributed by atoms with E-state index in [1.807, 2.05) is 24.3 Å². The number of anilines is 1. The number of amides is 1. The fourth-order valence-corrected chi connectivity index (χ4v) is 6.30. The van der Waals surface area contributed by atoms with Gasteiger partial charge in [-0.2, -0.15) is 0 Å². The van der Waals surface area contributed by atoms with Gasteiger partial charge in [-0.05, 0) is 73.0 Å². The second-order valence-corrected chi connectivity index (χ2v) is 12.2. The first-order valence-electron chi connectivity index (χ1n) is 12.9. The molecular weight excluding hydrogens is 488 g/mol. The molecule has 0 spiro atoms. The van der Waals surface area contributed by atoms with Gasteiger partial charge in [0.2, 0.25) is 10.0 Å². The third kappa shape index (κ3) is 4.99. The maximum Gasteiger partial charge on any atom is 0.255 e. The summed E-state index contributed by atoms with van der Waals surface area (Å²) in [4.78, 5) is 13.1. The van der Waals surface area contributed by atoms with E-state index in [2.05, 4.69) is 31.3 Å². The summed E-state index contributed by atoms with van der Waals surface area (Å²) in [6.07, 6.45) is 15.4. The highest BCUT2D eigenvalue weighted by Crippen LogP contribution is 2.42. The molecule has 3 aliphatic rings. The topological polar surface area (TPSA) is 88.8 Å². The lowest BCUT2D eigenvalue weighted by atomic mass is 9.93. The van der Waals surface area contributed by atoms with Gasteiger partial charge in [-0.3, -0.25) is 9.10 Å². The molecule has 7 nitrogen and oxygen atoms in total. The molecule has 2 aliphatic carbocycles. The smallest absolute Gasteiger partial charge is 0.255 e. The molecule has 1 amide bonds. The molecule has 1 aromatic heterocycles. The molecule has 0 bridgehead atoms.